The highest BCUT2D eigenvalue weighted by Gasteiger charge is 2.11. The van der Waals surface area contributed by atoms with Gasteiger partial charge in [-0.15, -0.1) is 0 Å². The van der Waals surface area contributed by atoms with E-state index in [4.69, 9.17) is 16.3 Å². The molecular formula is C17H19ClN2O3S. The second-order valence-corrected chi connectivity index (χ2v) is 7.18. The molecule has 0 spiro atoms. The van der Waals surface area contributed by atoms with Gasteiger partial charge < -0.3 is 4.74 Å². The van der Waals surface area contributed by atoms with Gasteiger partial charge in [-0.3, -0.25) is 0 Å². The summed E-state index contributed by atoms with van der Waals surface area (Å²) in [6.45, 7) is 2.79. The zero-order valence-electron chi connectivity index (χ0n) is 13.3. The number of sulfonamides is 1. The molecule has 2 aromatic carbocycles. The smallest absolute Gasteiger partial charge is 0.276 e. The number of nitrogens with zero attached hydrogens (tertiary/aromatic N) is 1. The van der Waals surface area contributed by atoms with Gasteiger partial charge in [0.2, 0.25) is 0 Å². The van der Waals surface area contributed by atoms with E-state index in [0.29, 0.717) is 11.6 Å². The lowest BCUT2D eigenvalue weighted by atomic mass is 10.2. The Labute approximate surface area is 147 Å². The van der Waals surface area contributed by atoms with Gasteiger partial charge in [-0.05, 0) is 60.5 Å². The van der Waals surface area contributed by atoms with Crippen molar-refractivity contribution in [3.63, 3.8) is 0 Å². The summed E-state index contributed by atoms with van der Waals surface area (Å²) in [5, 5.41) is 4.25. The molecule has 0 aliphatic heterocycles. The molecule has 0 bridgehead atoms. The third-order valence-electron chi connectivity index (χ3n) is 3.16. The fourth-order valence-electron chi connectivity index (χ4n) is 1.82. The molecule has 0 aromatic heterocycles. The van der Waals surface area contributed by atoms with Crippen molar-refractivity contribution in [2.45, 2.75) is 24.7 Å². The van der Waals surface area contributed by atoms with Crippen LogP contribution in [0.15, 0.2) is 58.5 Å². The lowest BCUT2D eigenvalue weighted by Crippen LogP contribution is -2.18. The minimum Gasteiger partial charge on any atom is -0.494 e. The highest BCUT2D eigenvalue weighted by Crippen LogP contribution is 2.14. The summed E-state index contributed by atoms with van der Waals surface area (Å²) in [5.74, 6) is 0.780. The van der Waals surface area contributed by atoms with Gasteiger partial charge in [0, 0.05) is 5.02 Å². The second-order valence-electron chi connectivity index (χ2n) is 5.08. The van der Waals surface area contributed by atoms with Crippen LogP contribution in [0.25, 0.3) is 0 Å². The molecule has 0 saturated heterocycles. The number of hydrazone groups is 1. The third kappa shape index (κ3) is 5.54. The van der Waals surface area contributed by atoms with Crippen LogP contribution in [0.4, 0.5) is 0 Å². The number of benzene rings is 2. The monoisotopic (exact) mass is 366 g/mol. The van der Waals surface area contributed by atoms with Crippen molar-refractivity contribution >= 4 is 27.8 Å². The van der Waals surface area contributed by atoms with Crippen molar-refractivity contribution in [3.05, 3.63) is 59.1 Å². The van der Waals surface area contributed by atoms with Crippen LogP contribution >= 0.6 is 11.6 Å². The van der Waals surface area contributed by atoms with Crippen LogP contribution < -0.4 is 9.57 Å². The number of hydrogen-bond donors (Lipinski definition) is 1. The van der Waals surface area contributed by atoms with Gasteiger partial charge in [0.25, 0.3) is 10.0 Å². The fraction of sp³-hybridized carbons (Fsp3) is 0.235. The minimum absolute atomic E-state index is 0.101. The van der Waals surface area contributed by atoms with Crippen molar-refractivity contribution in [1.82, 2.24) is 4.83 Å². The molecule has 0 unspecified atom stereocenters. The maximum atomic E-state index is 12.0. The molecule has 128 valence electrons. The molecular weight excluding hydrogens is 348 g/mol. The largest absolute Gasteiger partial charge is 0.494 e. The fourth-order valence-corrected chi connectivity index (χ4v) is 2.74. The lowest BCUT2D eigenvalue weighted by Gasteiger charge is -2.05. The first kappa shape index (κ1) is 18.3. The standard InChI is InChI=1S/C17H19ClN2O3S/c1-2-3-12-23-16-8-4-14(5-9-16)13-19-20-24(21,22)17-10-6-15(18)7-11-17/h4-11,13,20H,2-3,12H2,1H3/b19-13+. The quantitative estimate of drug-likeness (QED) is 0.438. The van der Waals surface area contributed by atoms with Crippen LogP contribution in [0.2, 0.25) is 5.02 Å². The Hall–Kier alpha value is -2.05. The molecule has 0 heterocycles. The first-order valence-electron chi connectivity index (χ1n) is 7.54. The van der Waals surface area contributed by atoms with E-state index in [1.54, 1.807) is 12.1 Å². The Kier molecular flexibility index (Phi) is 6.63. The van der Waals surface area contributed by atoms with Crippen LogP contribution in [-0.4, -0.2) is 21.2 Å². The summed E-state index contributed by atoms with van der Waals surface area (Å²) in [4.78, 5) is 2.27. The Morgan fingerprint density at radius 3 is 2.42 bits per heavy atom. The summed E-state index contributed by atoms with van der Waals surface area (Å²) >= 11 is 5.74. The van der Waals surface area contributed by atoms with Gasteiger partial charge in [-0.25, -0.2) is 4.83 Å². The normalized spacial score (nSPS) is 11.6. The first-order valence-corrected chi connectivity index (χ1v) is 9.40. The van der Waals surface area contributed by atoms with Gasteiger partial charge in [0.05, 0.1) is 17.7 Å². The van der Waals surface area contributed by atoms with Crippen molar-refractivity contribution in [1.29, 1.82) is 0 Å². The van der Waals surface area contributed by atoms with E-state index in [9.17, 15) is 8.42 Å². The van der Waals surface area contributed by atoms with Crippen molar-refractivity contribution in [3.8, 4) is 5.75 Å². The summed E-state index contributed by atoms with van der Waals surface area (Å²) in [7, 11) is -3.70. The molecule has 2 aromatic rings. The van der Waals surface area contributed by atoms with Crippen molar-refractivity contribution < 1.29 is 13.2 Å². The van der Waals surface area contributed by atoms with E-state index in [0.717, 1.165) is 24.2 Å². The summed E-state index contributed by atoms with van der Waals surface area (Å²) in [6.07, 6.45) is 3.53. The molecule has 5 nitrogen and oxygen atoms in total. The number of hydrogen-bond acceptors (Lipinski definition) is 4. The van der Waals surface area contributed by atoms with Crippen molar-refractivity contribution in [2.75, 3.05) is 6.61 Å². The minimum atomic E-state index is -3.70. The average Bonchev–Trinajstić information content (AvgIpc) is 2.57. The summed E-state index contributed by atoms with van der Waals surface area (Å²) in [5.41, 5.74) is 0.761. The number of nitrogens with one attached hydrogen (secondary N) is 1. The van der Waals surface area contributed by atoms with E-state index >= 15 is 0 Å². The van der Waals surface area contributed by atoms with Crippen molar-refractivity contribution in [2.24, 2.45) is 5.10 Å². The second kappa shape index (κ2) is 8.70. The van der Waals surface area contributed by atoms with Gasteiger partial charge in [0.15, 0.2) is 0 Å². The highest BCUT2D eigenvalue weighted by atomic mass is 35.5. The van der Waals surface area contributed by atoms with Crippen LogP contribution in [0.3, 0.4) is 0 Å². The number of halogens is 1. The average molecular weight is 367 g/mol. The number of ether oxygens (including phenoxy) is 1. The van der Waals surface area contributed by atoms with Crippen LogP contribution in [-0.2, 0) is 10.0 Å². The molecule has 24 heavy (non-hydrogen) atoms. The van der Waals surface area contributed by atoms with Gasteiger partial charge in [0.1, 0.15) is 5.75 Å². The SMILES string of the molecule is CCCCOc1ccc(/C=N/NS(=O)(=O)c2ccc(Cl)cc2)cc1. The molecule has 0 radical (unpaired) electrons. The predicted molar refractivity (Wildman–Crippen MR) is 96.2 cm³/mol. The summed E-state index contributed by atoms with van der Waals surface area (Å²) in [6, 6.07) is 13.1. The number of rotatable bonds is 8. The van der Waals surface area contributed by atoms with Crippen LogP contribution in [0.5, 0.6) is 5.75 Å². The zero-order valence-corrected chi connectivity index (χ0v) is 14.8. The van der Waals surface area contributed by atoms with E-state index in [2.05, 4.69) is 16.9 Å². The Morgan fingerprint density at radius 1 is 1.12 bits per heavy atom. The number of unbranched alkanes of at least 4 members (excludes halogenated alkanes) is 1. The maximum Gasteiger partial charge on any atom is 0.276 e. The molecule has 0 amide bonds. The summed E-state index contributed by atoms with van der Waals surface area (Å²) < 4.78 is 29.7. The molecule has 1 N–H and O–H groups in total. The molecule has 0 aliphatic carbocycles. The van der Waals surface area contributed by atoms with E-state index in [-0.39, 0.29) is 4.90 Å². The Bertz CT molecular complexity index is 772. The molecule has 7 heteroatoms. The lowest BCUT2D eigenvalue weighted by molar-refractivity contribution is 0.309. The van der Waals surface area contributed by atoms with Crippen LogP contribution in [0.1, 0.15) is 25.3 Å². The first-order chi connectivity index (χ1) is 11.5. The van der Waals surface area contributed by atoms with Crippen LogP contribution in [0, 0.1) is 0 Å². The van der Waals surface area contributed by atoms with Gasteiger partial charge in [-0.1, -0.05) is 24.9 Å². The zero-order chi connectivity index (χ0) is 17.4. The van der Waals surface area contributed by atoms with E-state index in [1.165, 1.54) is 30.5 Å². The molecule has 0 atom stereocenters. The molecule has 0 fully saturated rings. The van der Waals surface area contributed by atoms with E-state index in [1.807, 2.05) is 12.1 Å². The molecule has 0 saturated carbocycles. The van der Waals surface area contributed by atoms with E-state index < -0.39 is 10.0 Å². The predicted octanol–water partition coefficient (Wildman–Crippen LogP) is 3.83. The topological polar surface area (TPSA) is 67.8 Å². The van der Waals surface area contributed by atoms with Gasteiger partial charge >= 0.3 is 0 Å². The Morgan fingerprint density at radius 2 is 1.79 bits per heavy atom. The molecule has 2 rings (SSSR count). The third-order valence-corrected chi connectivity index (χ3v) is 4.65. The molecule has 0 aliphatic rings. The van der Waals surface area contributed by atoms with Gasteiger partial charge in [-0.2, -0.15) is 13.5 Å². The Balaban J connectivity index is 1.94. The maximum absolute atomic E-state index is 12.0. The highest BCUT2D eigenvalue weighted by molar-refractivity contribution is 7.89.